The zero-order valence-corrected chi connectivity index (χ0v) is 19.7. The zero-order valence-electron chi connectivity index (χ0n) is 19.7. The molecule has 0 aliphatic carbocycles. The Morgan fingerprint density at radius 1 is 0.486 bits per heavy atom. The SMILES string of the molecule is c1cnc2c(c1)ccc1ccc(-c3ccc(-c4ccc5nc6c(cc5c4)oc4ccccc46)cc3)nc12. The molecule has 172 valence electrons. The predicted octanol–water partition coefficient (Wildman–Crippen LogP) is 8.56. The van der Waals surface area contributed by atoms with Crippen LogP contribution >= 0.6 is 0 Å². The lowest BCUT2D eigenvalue weighted by Gasteiger charge is -2.08. The number of pyridine rings is 3. The average molecular weight is 474 g/mol. The predicted molar refractivity (Wildman–Crippen MR) is 150 cm³/mol. The Kier molecular flexibility index (Phi) is 4.19. The van der Waals surface area contributed by atoms with Crippen LogP contribution in [0.4, 0.5) is 0 Å². The first-order chi connectivity index (χ1) is 18.3. The normalized spacial score (nSPS) is 11.8. The molecule has 4 heteroatoms. The van der Waals surface area contributed by atoms with Crippen LogP contribution in [0.2, 0.25) is 0 Å². The van der Waals surface area contributed by atoms with Crippen molar-refractivity contribution in [1.29, 1.82) is 0 Å². The Morgan fingerprint density at radius 2 is 1.27 bits per heavy atom. The van der Waals surface area contributed by atoms with Crippen LogP contribution in [0.15, 0.2) is 120 Å². The van der Waals surface area contributed by atoms with E-state index in [9.17, 15) is 0 Å². The van der Waals surface area contributed by atoms with E-state index in [-0.39, 0.29) is 0 Å². The molecule has 4 heterocycles. The molecule has 0 unspecified atom stereocenters. The van der Waals surface area contributed by atoms with E-state index in [0.29, 0.717) is 0 Å². The number of rotatable bonds is 2. The number of fused-ring (bicyclic) bond motifs is 7. The fourth-order valence-electron chi connectivity index (χ4n) is 5.20. The third-order valence-electron chi connectivity index (χ3n) is 7.09. The molecule has 0 radical (unpaired) electrons. The molecular formula is C33H19N3O. The maximum absolute atomic E-state index is 6.05. The van der Waals surface area contributed by atoms with Crippen LogP contribution in [0.25, 0.3) is 77.2 Å². The molecule has 4 aromatic heterocycles. The van der Waals surface area contributed by atoms with Gasteiger partial charge in [-0.3, -0.25) is 4.98 Å². The van der Waals surface area contributed by atoms with E-state index in [2.05, 4.69) is 89.9 Å². The van der Waals surface area contributed by atoms with Crippen molar-refractivity contribution in [2.24, 2.45) is 0 Å². The number of furan rings is 1. The van der Waals surface area contributed by atoms with E-state index in [4.69, 9.17) is 14.4 Å². The molecule has 0 amide bonds. The highest BCUT2D eigenvalue weighted by Crippen LogP contribution is 2.32. The van der Waals surface area contributed by atoms with Gasteiger partial charge in [0.25, 0.3) is 0 Å². The summed E-state index contributed by atoms with van der Waals surface area (Å²) in [5.74, 6) is 0. The summed E-state index contributed by atoms with van der Waals surface area (Å²) < 4.78 is 6.05. The van der Waals surface area contributed by atoms with Crippen LogP contribution in [0, 0.1) is 0 Å². The molecule has 0 spiro atoms. The number of para-hydroxylation sites is 1. The fraction of sp³-hybridized carbons (Fsp3) is 0. The summed E-state index contributed by atoms with van der Waals surface area (Å²) in [5.41, 5.74) is 9.69. The van der Waals surface area contributed by atoms with E-state index in [1.165, 1.54) is 0 Å². The molecule has 0 saturated heterocycles. The van der Waals surface area contributed by atoms with Crippen molar-refractivity contribution in [1.82, 2.24) is 15.0 Å². The highest BCUT2D eigenvalue weighted by molar-refractivity contribution is 6.06. The van der Waals surface area contributed by atoms with Gasteiger partial charge in [0.15, 0.2) is 5.58 Å². The van der Waals surface area contributed by atoms with Crippen molar-refractivity contribution in [3.63, 3.8) is 0 Å². The molecule has 4 nitrogen and oxygen atoms in total. The first-order valence-corrected chi connectivity index (χ1v) is 12.3. The quantitative estimate of drug-likeness (QED) is 0.236. The fourth-order valence-corrected chi connectivity index (χ4v) is 5.20. The van der Waals surface area contributed by atoms with Gasteiger partial charge in [-0.1, -0.05) is 66.7 Å². The van der Waals surface area contributed by atoms with Crippen molar-refractivity contribution in [3.05, 3.63) is 115 Å². The highest BCUT2D eigenvalue weighted by atomic mass is 16.3. The maximum Gasteiger partial charge on any atom is 0.154 e. The summed E-state index contributed by atoms with van der Waals surface area (Å²) in [7, 11) is 0. The second kappa shape index (κ2) is 7.70. The minimum absolute atomic E-state index is 0.811. The minimum Gasteiger partial charge on any atom is -0.454 e. The lowest BCUT2D eigenvalue weighted by molar-refractivity contribution is 0.669. The van der Waals surface area contributed by atoms with Crippen molar-refractivity contribution < 1.29 is 4.42 Å². The highest BCUT2D eigenvalue weighted by Gasteiger charge is 2.11. The molecule has 37 heavy (non-hydrogen) atoms. The summed E-state index contributed by atoms with van der Waals surface area (Å²) >= 11 is 0. The Morgan fingerprint density at radius 3 is 2.19 bits per heavy atom. The molecule has 0 atom stereocenters. The molecule has 0 aliphatic rings. The average Bonchev–Trinajstić information content (AvgIpc) is 3.33. The summed E-state index contributed by atoms with van der Waals surface area (Å²) in [5, 5.41) is 4.30. The van der Waals surface area contributed by atoms with Gasteiger partial charge in [0.1, 0.15) is 11.1 Å². The smallest absolute Gasteiger partial charge is 0.154 e. The number of benzene rings is 4. The Labute approximate surface area is 211 Å². The zero-order chi connectivity index (χ0) is 24.3. The van der Waals surface area contributed by atoms with Crippen molar-refractivity contribution in [3.8, 4) is 22.4 Å². The molecule has 0 N–H and O–H groups in total. The van der Waals surface area contributed by atoms with Gasteiger partial charge in [-0.15, -0.1) is 0 Å². The van der Waals surface area contributed by atoms with Gasteiger partial charge in [-0.05, 0) is 53.6 Å². The summed E-state index contributed by atoms with van der Waals surface area (Å²) in [4.78, 5) is 14.5. The summed E-state index contributed by atoms with van der Waals surface area (Å²) in [6.07, 6.45) is 1.82. The first kappa shape index (κ1) is 20.1. The molecular weight excluding hydrogens is 454 g/mol. The van der Waals surface area contributed by atoms with Gasteiger partial charge < -0.3 is 4.42 Å². The molecule has 0 saturated carbocycles. The molecule has 8 rings (SSSR count). The van der Waals surface area contributed by atoms with E-state index in [1.807, 2.05) is 30.5 Å². The lowest BCUT2D eigenvalue weighted by Crippen LogP contribution is -1.89. The number of hydrogen-bond acceptors (Lipinski definition) is 4. The lowest BCUT2D eigenvalue weighted by atomic mass is 10.0. The van der Waals surface area contributed by atoms with Crippen LogP contribution < -0.4 is 0 Å². The Bertz CT molecular complexity index is 2140. The Hall–Kier alpha value is -5.09. The van der Waals surface area contributed by atoms with E-state index in [1.54, 1.807) is 0 Å². The molecule has 0 fully saturated rings. The van der Waals surface area contributed by atoms with E-state index < -0.39 is 0 Å². The van der Waals surface area contributed by atoms with E-state index in [0.717, 1.165) is 77.2 Å². The number of nitrogens with zero attached hydrogens (tertiary/aromatic N) is 3. The second-order valence-corrected chi connectivity index (χ2v) is 9.33. The van der Waals surface area contributed by atoms with Gasteiger partial charge in [-0.2, -0.15) is 0 Å². The second-order valence-electron chi connectivity index (χ2n) is 9.33. The minimum atomic E-state index is 0.811. The molecule has 0 bridgehead atoms. The van der Waals surface area contributed by atoms with Gasteiger partial charge in [0, 0.05) is 33.3 Å². The third kappa shape index (κ3) is 3.20. The first-order valence-electron chi connectivity index (χ1n) is 12.3. The molecule has 8 aromatic rings. The van der Waals surface area contributed by atoms with Crippen LogP contribution in [0.1, 0.15) is 0 Å². The summed E-state index contributed by atoms with van der Waals surface area (Å²) in [6, 6.07) is 37.5. The topological polar surface area (TPSA) is 51.8 Å². The molecule has 4 aromatic carbocycles. The van der Waals surface area contributed by atoms with E-state index >= 15 is 0 Å². The van der Waals surface area contributed by atoms with Crippen LogP contribution in [-0.4, -0.2) is 15.0 Å². The van der Waals surface area contributed by atoms with Gasteiger partial charge in [0.05, 0.1) is 22.2 Å². The van der Waals surface area contributed by atoms with Crippen molar-refractivity contribution in [2.45, 2.75) is 0 Å². The van der Waals surface area contributed by atoms with Crippen molar-refractivity contribution >= 4 is 54.8 Å². The standard InChI is InChI=1S/C33H19N3O/c1-2-6-29-26(5-1)33-30(37-29)19-25-18-24(14-16-28(25)36-33)20-7-9-21(10-8-20)27-15-13-23-12-11-22-4-3-17-34-31(22)32(23)35-27/h1-19H. The largest absolute Gasteiger partial charge is 0.454 e. The van der Waals surface area contributed by atoms with Crippen LogP contribution in [0.5, 0.6) is 0 Å². The monoisotopic (exact) mass is 473 g/mol. The van der Waals surface area contributed by atoms with Crippen LogP contribution in [-0.2, 0) is 0 Å². The third-order valence-corrected chi connectivity index (χ3v) is 7.09. The van der Waals surface area contributed by atoms with Gasteiger partial charge >= 0.3 is 0 Å². The maximum atomic E-state index is 6.05. The van der Waals surface area contributed by atoms with Crippen molar-refractivity contribution in [2.75, 3.05) is 0 Å². The number of hydrogen-bond donors (Lipinski definition) is 0. The van der Waals surface area contributed by atoms with Gasteiger partial charge in [0.2, 0.25) is 0 Å². The summed E-state index contributed by atoms with van der Waals surface area (Å²) in [6.45, 7) is 0. The number of aromatic nitrogens is 3. The Balaban J connectivity index is 1.19. The molecule has 0 aliphatic heterocycles. The van der Waals surface area contributed by atoms with Gasteiger partial charge in [-0.25, -0.2) is 9.97 Å². The van der Waals surface area contributed by atoms with Crippen LogP contribution in [0.3, 0.4) is 0 Å².